The Morgan fingerprint density at radius 2 is 1.83 bits per heavy atom. The third-order valence-electron chi connectivity index (χ3n) is 5.41. The first kappa shape index (κ1) is 19.7. The number of thioether (sulfide) groups is 1. The molecule has 2 aromatic rings. The topological polar surface area (TPSA) is 53.9 Å². The van der Waals surface area contributed by atoms with E-state index in [1.54, 1.807) is 0 Å². The number of nitrogens with zero attached hydrogens (tertiary/aromatic N) is 1. The molecule has 0 radical (unpaired) electrons. The van der Waals surface area contributed by atoms with Gasteiger partial charge in [0.05, 0.1) is 43.7 Å². The van der Waals surface area contributed by atoms with E-state index in [1.807, 2.05) is 47.4 Å². The summed E-state index contributed by atoms with van der Waals surface area (Å²) in [4.78, 5) is 29.5. The van der Waals surface area contributed by atoms with Crippen LogP contribution < -0.4 is 10.2 Å². The van der Waals surface area contributed by atoms with E-state index in [2.05, 4.69) is 29.6 Å². The van der Waals surface area contributed by atoms with E-state index >= 15 is 0 Å². The van der Waals surface area contributed by atoms with Gasteiger partial charge in [-0.3, -0.25) is 9.59 Å². The van der Waals surface area contributed by atoms with Crippen LogP contribution in [0.15, 0.2) is 65.6 Å². The summed E-state index contributed by atoms with van der Waals surface area (Å²) in [6.07, 6.45) is 4.62. The third kappa shape index (κ3) is 5.08. The van der Waals surface area contributed by atoms with Gasteiger partial charge in [-0.1, -0.05) is 48.5 Å². The Kier molecular flexibility index (Phi) is 6.32. The van der Waals surface area contributed by atoms with Crippen molar-refractivity contribution in [3.05, 3.63) is 66.2 Å². The average molecular weight is 409 g/mol. The van der Waals surface area contributed by atoms with Gasteiger partial charge in [0.2, 0.25) is 11.8 Å². The standard InChI is InChI=1S/C23H25N3O2S/c27-22(17-21-23(28)24-19-10-4-5-11-20(19)29-21)26-15-13-25(14-16-26)12-6-9-18-7-2-1-3-8-18/h1-11,21H,12-17H2,(H,24,28)/p+1/b9-6+/t21-/m1/s1. The van der Waals surface area contributed by atoms with E-state index < -0.39 is 0 Å². The summed E-state index contributed by atoms with van der Waals surface area (Å²) < 4.78 is 0. The van der Waals surface area contributed by atoms with Crippen molar-refractivity contribution < 1.29 is 14.5 Å². The molecule has 4 rings (SSSR count). The lowest BCUT2D eigenvalue weighted by molar-refractivity contribution is -0.898. The van der Waals surface area contributed by atoms with Gasteiger partial charge in [0.1, 0.15) is 0 Å². The van der Waals surface area contributed by atoms with Crippen LogP contribution in [-0.4, -0.2) is 54.7 Å². The number of anilines is 1. The largest absolute Gasteiger partial charge is 0.331 e. The normalized spacial score (nSPS) is 19.8. The van der Waals surface area contributed by atoms with Crippen LogP contribution in [0.3, 0.4) is 0 Å². The lowest BCUT2D eigenvalue weighted by Gasteiger charge is -2.33. The Hall–Kier alpha value is -2.57. The Morgan fingerprint density at radius 1 is 1.10 bits per heavy atom. The van der Waals surface area contributed by atoms with Crippen molar-refractivity contribution in [3.63, 3.8) is 0 Å². The first-order valence-electron chi connectivity index (χ1n) is 10.1. The molecule has 1 atom stereocenters. The van der Waals surface area contributed by atoms with Crippen LogP contribution in [0.25, 0.3) is 6.08 Å². The van der Waals surface area contributed by atoms with Crippen molar-refractivity contribution in [1.82, 2.24) is 4.90 Å². The predicted octanol–water partition coefficient (Wildman–Crippen LogP) is 1.93. The Balaban J connectivity index is 1.24. The highest BCUT2D eigenvalue weighted by Crippen LogP contribution is 2.36. The molecule has 2 N–H and O–H groups in total. The first-order chi connectivity index (χ1) is 14.2. The molecule has 1 saturated heterocycles. The second-order valence-electron chi connectivity index (χ2n) is 7.44. The van der Waals surface area contributed by atoms with Gasteiger partial charge >= 0.3 is 0 Å². The van der Waals surface area contributed by atoms with Crippen molar-refractivity contribution in [2.24, 2.45) is 0 Å². The lowest BCUT2D eigenvalue weighted by atomic mass is 10.2. The molecule has 150 valence electrons. The molecule has 6 heteroatoms. The van der Waals surface area contributed by atoms with Crippen molar-refractivity contribution in [1.29, 1.82) is 0 Å². The molecule has 5 nitrogen and oxygen atoms in total. The van der Waals surface area contributed by atoms with Crippen LogP contribution in [-0.2, 0) is 9.59 Å². The zero-order chi connectivity index (χ0) is 20.1. The Bertz CT molecular complexity index is 892. The summed E-state index contributed by atoms with van der Waals surface area (Å²) in [5.41, 5.74) is 2.05. The molecule has 0 aromatic heterocycles. The monoisotopic (exact) mass is 408 g/mol. The van der Waals surface area contributed by atoms with Crippen LogP contribution in [0.2, 0.25) is 0 Å². The molecule has 1 fully saturated rings. The van der Waals surface area contributed by atoms with E-state index in [1.165, 1.54) is 22.2 Å². The van der Waals surface area contributed by atoms with Crippen LogP contribution >= 0.6 is 11.8 Å². The predicted molar refractivity (Wildman–Crippen MR) is 117 cm³/mol. The Morgan fingerprint density at radius 3 is 2.62 bits per heavy atom. The van der Waals surface area contributed by atoms with Crippen molar-refractivity contribution in [2.75, 3.05) is 38.0 Å². The molecule has 2 heterocycles. The SMILES string of the molecule is O=C1Nc2ccccc2S[C@@H]1CC(=O)N1CC[NH+](C/C=C/c2ccccc2)CC1. The van der Waals surface area contributed by atoms with Gasteiger partial charge in [-0.25, -0.2) is 0 Å². The van der Waals surface area contributed by atoms with Gasteiger partial charge < -0.3 is 15.1 Å². The number of hydrogen-bond donors (Lipinski definition) is 2. The Labute approximate surface area is 175 Å². The summed E-state index contributed by atoms with van der Waals surface area (Å²) in [7, 11) is 0. The van der Waals surface area contributed by atoms with Crippen molar-refractivity contribution in [2.45, 2.75) is 16.6 Å². The maximum Gasteiger partial charge on any atom is 0.238 e. The summed E-state index contributed by atoms with van der Waals surface area (Å²) in [5, 5.41) is 2.57. The molecular formula is C23H26N3O2S+. The molecule has 29 heavy (non-hydrogen) atoms. The number of piperazine rings is 1. The van der Waals surface area contributed by atoms with Crippen LogP contribution in [0, 0.1) is 0 Å². The van der Waals surface area contributed by atoms with E-state index in [4.69, 9.17) is 0 Å². The fourth-order valence-corrected chi connectivity index (χ4v) is 4.82. The van der Waals surface area contributed by atoms with Gasteiger partial charge in [0.15, 0.2) is 0 Å². The van der Waals surface area contributed by atoms with E-state index in [0.29, 0.717) is 0 Å². The molecule has 0 saturated carbocycles. The highest BCUT2D eigenvalue weighted by atomic mass is 32.2. The van der Waals surface area contributed by atoms with Crippen molar-refractivity contribution >= 4 is 35.3 Å². The van der Waals surface area contributed by atoms with Crippen LogP contribution in [0.1, 0.15) is 12.0 Å². The molecule has 2 aliphatic heterocycles. The summed E-state index contributed by atoms with van der Waals surface area (Å²) >= 11 is 1.49. The third-order valence-corrected chi connectivity index (χ3v) is 6.68. The molecule has 0 aliphatic carbocycles. The number of carbonyl (C=O) groups excluding carboxylic acids is 2. The average Bonchev–Trinajstić information content (AvgIpc) is 2.75. The summed E-state index contributed by atoms with van der Waals surface area (Å²) in [6, 6.07) is 18.0. The van der Waals surface area contributed by atoms with Crippen LogP contribution in [0.5, 0.6) is 0 Å². The number of para-hydroxylation sites is 1. The van der Waals surface area contributed by atoms with E-state index in [-0.39, 0.29) is 23.5 Å². The minimum Gasteiger partial charge on any atom is -0.331 e. The molecule has 0 unspecified atom stereocenters. The second kappa shape index (κ2) is 9.29. The maximum absolute atomic E-state index is 12.7. The highest BCUT2D eigenvalue weighted by molar-refractivity contribution is 8.01. The minimum atomic E-state index is -0.350. The molecular weight excluding hydrogens is 382 g/mol. The molecule has 0 spiro atoms. The van der Waals surface area contributed by atoms with Gasteiger partial charge in [-0.15, -0.1) is 11.8 Å². The zero-order valence-electron chi connectivity index (χ0n) is 16.3. The molecule has 0 bridgehead atoms. The molecule has 2 aromatic carbocycles. The number of carbonyl (C=O) groups is 2. The quantitative estimate of drug-likeness (QED) is 0.795. The lowest BCUT2D eigenvalue weighted by Crippen LogP contribution is -3.14. The van der Waals surface area contributed by atoms with Gasteiger partial charge in [0.25, 0.3) is 0 Å². The number of hydrogen-bond acceptors (Lipinski definition) is 3. The number of amides is 2. The molecule has 2 aliphatic rings. The highest BCUT2D eigenvalue weighted by Gasteiger charge is 2.31. The second-order valence-corrected chi connectivity index (χ2v) is 8.69. The van der Waals surface area contributed by atoms with E-state index in [0.717, 1.165) is 43.3 Å². The maximum atomic E-state index is 12.7. The fourth-order valence-electron chi connectivity index (χ4n) is 3.72. The fraction of sp³-hybridized carbons (Fsp3) is 0.304. The summed E-state index contributed by atoms with van der Waals surface area (Å²) in [5.74, 6) is 0.00766. The minimum absolute atomic E-state index is 0.0719. The zero-order valence-corrected chi connectivity index (χ0v) is 17.2. The van der Waals surface area contributed by atoms with Gasteiger partial charge in [0, 0.05) is 11.3 Å². The number of nitrogens with one attached hydrogen (secondary N) is 2. The number of benzene rings is 2. The smallest absolute Gasteiger partial charge is 0.238 e. The number of quaternary nitrogens is 1. The van der Waals surface area contributed by atoms with Gasteiger partial charge in [-0.2, -0.15) is 0 Å². The number of fused-ring (bicyclic) bond motifs is 1. The summed E-state index contributed by atoms with van der Waals surface area (Å²) in [6.45, 7) is 4.36. The van der Waals surface area contributed by atoms with Crippen LogP contribution in [0.4, 0.5) is 5.69 Å². The van der Waals surface area contributed by atoms with Crippen molar-refractivity contribution in [3.8, 4) is 0 Å². The first-order valence-corrected chi connectivity index (χ1v) is 11.0. The van der Waals surface area contributed by atoms with Gasteiger partial charge in [-0.05, 0) is 23.8 Å². The number of rotatable bonds is 5. The van der Waals surface area contributed by atoms with E-state index in [9.17, 15) is 9.59 Å². The molecule has 2 amide bonds.